The molecule has 112 valence electrons. The molecule has 0 bridgehead atoms. The van der Waals surface area contributed by atoms with Gasteiger partial charge in [-0.05, 0) is 29.3 Å². The van der Waals surface area contributed by atoms with Gasteiger partial charge >= 0.3 is 0 Å². The highest BCUT2D eigenvalue weighted by atomic mass is 16.6. The molecule has 0 aliphatic carbocycles. The van der Waals surface area contributed by atoms with Crippen LogP contribution in [0.1, 0.15) is 0 Å². The smallest absolute Gasteiger partial charge is 0.273 e. The van der Waals surface area contributed by atoms with Crippen molar-refractivity contribution in [2.45, 2.75) is 0 Å². The van der Waals surface area contributed by atoms with Crippen LogP contribution in [0.25, 0.3) is 11.1 Å². The molecule has 5 nitrogen and oxygen atoms in total. The molecule has 1 aliphatic rings. The van der Waals surface area contributed by atoms with Gasteiger partial charge in [0.25, 0.3) is 5.69 Å². The average Bonchev–Trinajstić information content (AvgIpc) is 2.59. The third-order valence-corrected chi connectivity index (χ3v) is 3.75. The summed E-state index contributed by atoms with van der Waals surface area (Å²) in [6, 6.07) is 20.4. The minimum atomic E-state index is -0.433. The summed E-state index contributed by atoms with van der Waals surface area (Å²) in [4.78, 5) is 10.4. The predicted octanol–water partition coefficient (Wildman–Crippen LogP) is 5.11. The van der Waals surface area contributed by atoms with Gasteiger partial charge in [0.05, 0.1) is 22.4 Å². The van der Waals surface area contributed by atoms with Crippen LogP contribution in [-0.4, -0.2) is 4.92 Å². The van der Waals surface area contributed by atoms with Crippen molar-refractivity contribution >= 4 is 17.1 Å². The number of hydrogen-bond donors (Lipinski definition) is 1. The number of rotatable bonds is 2. The molecule has 0 radical (unpaired) electrons. The topological polar surface area (TPSA) is 64.4 Å². The number of non-ortho nitro benzene ring substituents is 1. The minimum absolute atomic E-state index is 0.00917. The molecule has 0 atom stereocenters. The Morgan fingerprint density at radius 2 is 1.65 bits per heavy atom. The van der Waals surface area contributed by atoms with Gasteiger partial charge in [0.1, 0.15) is 0 Å². The molecular weight excluding hydrogens is 292 g/mol. The second-order valence-electron chi connectivity index (χ2n) is 5.24. The van der Waals surface area contributed by atoms with E-state index in [1.807, 2.05) is 48.5 Å². The van der Waals surface area contributed by atoms with Gasteiger partial charge in [-0.1, -0.05) is 36.4 Å². The number of nitro benzene ring substituents is 1. The molecule has 1 N–H and O–H groups in total. The predicted molar refractivity (Wildman–Crippen MR) is 88.3 cm³/mol. The van der Waals surface area contributed by atoms with Crippen LogP contribution in [0.5, 0.6) is 11.5 Å². The fourth-order valence-corrected chi connectivity index (χ4v) is 2.60. The number of hydrogen-bond acceptors (Lipinski definition) is 4. The summed E-state index contributed by atoms with van der Waals surface area (Å²) in [5, 5.41) is 14.1. The lowest BCUT2D eigenvalue weighted by atomic mass is 10.0. The van der Waals surface area contributed by atoms with E-state index >= 15 is 0 Å². The Morgan fingerprint density at radius 3 is 2.43 bits per heavy atom. The summed E-state index contributed by atoms with van der Waals surface area (Å²) in [6.07, 6.45) is 0. The molecule has 1 aliphatic heterocycles. The zero-order chi connectivity index (χ0) is 15.8. The van der Waals surface area contributed by atoms with Crippen LogP contribution < -0.4 is 10.1 Å². The Balaban J connectivity index is 1.72. The molecule has 1 heterocycles. The third-order valence-electron chi connectivity index (χ3n) is 3.75. The van der Waals surface area contributed by atoms with Crippen molar-refractivity contribution < 1.29 is 9.66 Å². The molecule has 5 heteroatoms. The van der Waals surface area contributed by atoms with E-state index in [-0.39, 0.29) is 5.69 Å². The Kier molecular flexibility index (Phi) is 2.98. The number of nitrogens with one attached hydrogen (secondary N) is 1. The zero-order valence-electron chi connectivity index (χ0n) is 12.0. The first-order chi connectivity index (χ1) is 11.2. The van der Waals surface area contributed by atoms with Gasteiger partial charge < -0.3 is 10.1 Å². The van der Waals surface area contributed by atoms with E-state index in [1.54, 1.807) is 6.07 Å². The molecule has 0 saturated carbocycles. The molecule has 4 rings (SSSR count). The van der Waals surface area contributed by atoms with E-state index in [0.29, 0.717) is 17.2 Å². The first-order valence-corrected chi connectivity index (χ1v) is 7.13. The third kappa shape index (κ3) is 2.38. The zero-order valence-corrected chi connectivity index (χ0v) is 12.0. The Bertz CT molecular complexity index is 907. The summed E-state index contributed by atoms with van der Waals surface area (Å²) >= 11 is 0. The maximum Gasteiger partial charge on any atom is 0.273 e. The van der Waals surface area contributed by atoms with Crippen molar-refractivity contribution in [2.24, 2.45) is 0 Å². The van der Waals surface area contributed by atoms with Crippen molar-refractivity contribution in [2.75, 3.05) is 5.32 Å². The van der Waals surface area contributed by atoms with Crippen LogP contribution in [0.3, 0.4) is 0 Å². The van der Waals surface area contributed by atoms with Gasteiger partial charge in [-0.3, -0.25) is 10.1 Å². The SMILES string of the molecule is O=[N+]([O-])c1ccc2c(c1)Oc1ccc(-c3ccccc3)cc1N2. The molecular formula is C18H12N2O3. The van der Waals surface area contributed by atoms with Crippen LogP contribution in [0.2, 0.25) is 0 Å². The Morgan fingerprint density at radius 1 is 0.826 bits per heavy atom. The van der Waals surface area contributed by atoms with Crippen molar-refractivity contribution in [3.8, 4) is 22.6 Å². The molecule has 0 spiro atoms. The molecule has 0 amide bonds. The Labute approximate surface area is 132 Å². The van der Waals surface area contributed by atoms with Crippen molar-refractivity contribution in [3.05, 3.63) is 76.8 Å². The van der Waals surface area contributed by atoms with E-state index < -0.39 is 4.92 Å². The normalized spacial score (nSPS) is 11.7. The van der Waals surface area contributed by atoms with E-state index in [9.17, 15) is 10.1 Å². The van der Waals surface area contributed by atoms with Gasteiger partial charge in [0.15, 0.2) is 11.5 Å². The molecule has 0 aromatic heterocycles. The second-order valence-corrected chi connectivity index (χ2v) is 5.24. The first-order valence-electron chi connectivity index (χ1n) is 7.13. The molecule has 0 fully saturated rings. The van der Waals surface area contributed by atoms with Crippen LogP contribution in [0.15, 0.2) is 66.7 Å². The van der Waals surface area contributed by atoms with E-state index in [1.165, 1.54) is 12.1 Å². The standard InChI is InChI=1S/C18H12N2O3/c21-20(22)14-7-8-15-18(11-14)23-17-9-6-13(10-16(17)19-15)12-4-2-1-3-5-12/h1-11,19H. The highest BCUT2D eigenvalue weighted by Crippen LogP contribution is 2.44. The molecule has 0 saturated heterocycles. The van der Waals surface area contributed by atoms with E-state index in [0.717, 1.165) is 16.8 Å². The number of ether oxygens (including phenoxy) is 1. The minimum Gasteiger partial charge on any atom is -0.453 e. The lowest BCUT2D eigenvalue weighted by molar-refractivity contribution is -0.384. The van der Waals surface area contributed by atoms with Crippen molar-refractivity contribution in [1.82, 2.24) is 0 Å². The van der Waals surface area contributed by atoms with Crippen LogP contribution in [-0.2, 0) is 0 Å². The molecule has 23 heavy (non-hydrogen) atoms. The fraction of sp³-hybridized carbons (Fsp3) is 0. The number of anilines is 2. The summed E-state index contributed by atoms with van der Waals surface area (Å²) in [6.45, 7) is 0. The van der Waals surface area contributed by atoms with Crippen LogP contribution >= 0.6 is 0 Å². The molecule has 0 unspecified atom stereocenters. The Hall–Kier alpha value is -3.34. The monoisotopic (exact) mass is 304 g/mol. The number of nitro groups is 1. The highest BCUT2D eigenvalue weighted by molar-refractivity contribution is 5.80. The summed E-state index contributed by atoms with van der Waals surface area (Å²) in [7, 11) is 0. The fourth-order valence-electron chi connectivity index (χ4n) is 2.60. The van der Waals surface area contributed by atoms with Gasteiger partial charge in [0.2, 0.25) is 0 Å². The van der Waals surface area contributed by atoms with Gasteiger partial charge in [-0.2, -0.15) is 0 Å². The van der Waals surface area contributed by atoms with E-state index in [2.05, 4.69) is 5.32 Å². The van der Waals surface area contributed by atoms with Crippen molar-refractivity contribution in [1.29, 1.82) is 0 Å². The highest BCUT2D eigenvalue weighted by Gasteiger charge is 2.20. The van der Waals surface area contributed by atoms with Crippen LogP contribution in [0, 0.1) is 10.1 Å². The largest absolute Gasteiger partial charge is 0.453 e. The summed E-state index contributed by atoms with van der Waals surface area (Å²) < 4.78 is 5.79. The quantitative estimate of drug-likeness (QED) is 0.413. The summed E-state index contributed by atoms with van der Waals surface area (Å²) in [5.74, 6) is 1.11. The maximum atomic E-state index is 10.9. The number of nitrogens with zero attached hydrogens (tertiary/aromatic N) is 1. The summed E-state index contributed by atoms with van der Waals surface area (Å²) in [5.41, 5.74) is 3.76. The number of fused-ring (bicyclic) bond motifs is 2. The van der Waals surface area contributed by atoms with Gasteiger partial charge in [-0.15, -0.1) is 0 Å². The molecule has 3 aromatic carbocycles. The lowest BCUT2D eigenvalue weighted by Crippen LogP contribution is -2.03. The number of benzene rings is 3. The van der Waals surface area contributed by atoms with Gasteiger partial charge in [0, 0.05) is 6.07 Å². The van der Waals surface area contributed by atoms with Gasteiger partial charge in [-0.25, -0.2) is 0 Å². The van der Waals surface area contributed by atoms with Crippen LogP contribution in [0.4, 0.5) is 17.1 Å². The first kappa shape index (κ1) is 13.3. The second kappa shape index (κ2) is 5.14. The average molecular weight is 304 g/mol. The van der Waals surface area contributed by atoms with Crippen molar-refractivity contribution in [3.63, 3.8) is 0 Å². The lowest BCUT2D eigenvalue weighted by Gasteiger charge is -2.22. The maximum absolute atomic E-state index is 10.9. The molecule has 3 aromatic rings. The van der Waals surface area contributed by atoms with E-state index in [4.69, 9.17) is 4.74 Å².